The van der Waals surface area contributed by atoms with Crippen molar-refractivity contribution in [3.05, 3.63) is 0 Å². The summed E-state index contributed by atoms with van der Waals surface area (Å²) in [5.41, 5.74) is -0.380. The Labute approximate surface area is 112 Å². The predicted molar refractivity (Wildman–Crippen MR) is 75.3 cm³/mol. The fourth-order valence-corrected chi connectivity index (χ4v) is 3.55. The van der Waals surface area contributed by atoms with Crippen molar-refractivity contribution < 1.29 is 5.11 Å². The third-order valence-electron chi connectivity index (χ3n) is 4.75. The van der Waals surface area contributed by atoms with E-state index in [2.05, 4.69) is 10.8 Å². The average molecular weight is 249 g/mol. The second-order valence-electron chi connectivity index (χ2n) is 6.23. The van der Waals surface area contributed by atoms with Gasteiger partial charge < -0.3 is 10.0 Å². The average Bonchev–Trinajstić information content (AvgIpc) is 2.39. The molecule has 2 rings (SSSR count). The summed E-state index contributed by atoms with van der Waals surface area (Å²) in [4.78, 5) is 2.40. The lowest BCUT2D eigenvalue weighted by Gasteiger charge is -2.40. The van der Waals surface area contributed by atoms with Crippen molar-refractivity contribution in [2.75, 3.05) is 19.6 Å². The molecule has 0 aromatic heterocycles. The summed E-state index contributed by atoms with van der Waals surface area (Å²) in [5.74, 6) is 3.48. The lowest BCUT2D eigenvalue weighted by molar-refractivity contribution is -0.0418. The molecule has 2 fully saturated rings. The molecule has 1 saturated heterocycles. The van der Waals surface area contributed by atoms with E-state index in [-0.39, 0.29) is 5.60 Å². The zero-order valence-corrected chi connectivity index (χ0v) is 11.5. The van der Waals surface area contributed by atoms with E-state index in [4.69, 9.17) is 6.42 Å². The van der Waals surface area contributed by atoms with Gasteiger partial charge in [-0.1, -0.05) is 32.1 Å². The van der Waals surface area contributed by atoms with Crippen LogP contribution >= 0.6 is 0 Å². The van der Waals surface area contributed by atoms with Crippen LogP contribution in [0.5, 0.6) is 0 Å². The first kappa shape index (κ1) is 13.9. The van der Waals surface area contributed by atoms with Gasteiger partial charge in [-0.3, -0.25) is 0 Å². The summed E-state index contributed by atoms with van der Waals surface area (Å²) in [5, 5.41) is 10.7. The molecule has 2 heteroatoms. The number of nitrogens with zero attached hydrogens (tertiary/aromatic N) is 1. The van der Waals surface area contributed by atoms with Gasteiger partial charge in [-0.2, -0.15) is 0 Å². The van der Waals surface area contributed by atoms with Crippen LogP contribution in [0, 0.1) is 18.3 Å². The van der Waals surface area contributed by atoms with Gasteiger partial charge in [0.05, 0.1) is 5.60 Å². The molecule has 0 amide bonds. The zero-order chi connectivity index (χ0) is 12.8. The summed E-state index contributed by atoms with van der Waals surface area (Å²) >= 11 is 0. The molecule has 1 heterocycles. The van der Waals surface area contributed by atoms with Gasteiger partial charge in [0.15, 0.2) is 0 Å². The molecule has 1 saturated carbocycles. The van der Waals surface area contributed by atoms with E-state index in [1.54, 1.807) is 0 Å². The molecule has 0 aromatic carbocycles. The van der Waals surface area contributed by atoms with Crippen molar-refractivity contribution >= 4 is 0 Å². The second kappa shape index (κ2) is 6.59. The Morgan fingerprint density at radius 2 is 1.83 bits per heavy atom. The SMILES string of the molecule is C#CCCN1CCC(O)(CC2CCCCC2)CC1. The number of terminal acetylenes is 1. The van der Waals surface area contributed by atoms with Crippen molar-refractivity contribution in [2.24, 2.45) is 5.92 Å². The molecule has 18 heavy (non-hydrogen) atoms. The Morgan fingerprint density at radius 1 is 1.17 bits per heavy atom. The summed E-state index contributed by atoms with van der Waals surface area (Å²) in [7, 11) is 0. The van der Waals surface area contributed by atoms with Crippen LogP contribution in [0.25, 0.3) is 0 Å². The maximum atomic E-state index is 10.7. The standard InChI is InChI=1S/C16H27NO/c1-2-3-11-17-12-9-16(18,10-13-17)14-15-7-5-4-6-8-15/h1,15,18H,3-14H2. The van der Waals surface area contributed by atoms with Crippen LogP contribution in [0.4, 0.5) is 0 Å². The molecule has 2 aliphatic rings. The Balaban J connectivity index is 1.74. The Hall–Kier alpha value is -0.520. The molecule has 1 N–H and O–H groups in total. The van der Waals surface area contributed by atoms with Crippen molar-refractivity contribution in [3.63, 3.8) is 0 Å². The van der Waals surface area contributed by atoms with Gasteiger partial charge in [0.1, 0.15) is 0 Å². The Morgan fingerprint density at radius 3 is 2.44 bits per heavy atom. The van der Waals surface area contributed by atoms with Crippen LogP contribution in [0.15, 0.2) is 0 Å². The highest BCUT2D eigenvalue weighted by molar-refractivity contribution is 4.90. The normalized spacial score (nSPS) is 25.8. The van der Waals surface area contributed by atoms with Crippen LogP contribution in [-0.2, 0) is 0 Å². The van der Waals surface area contributed by atoms with E-state index >= 15 is 0 Å². The topological polar surface area (TPSA) is 23.5 Å². The second-order valence-corrected chi connectivity index (χ2v) is 6.23. The molecule has 0 unspecified atom stereocenters. The Kier molecular flexibility index (Phi) is 5.09. The third-order valence-corrected chi connectivity index (χ3v) is 4.75. The van der Waals surface area contributed by atoms with Crippen molar-refractivity contribution in [3.8, 4) is 12.3 Å². The highest BCUT2D eigenvalue weighted by Gasteiger charge is 2.34. The van der Waals surface area contributed by atoms with E-state index in [1.165, 1.54) is 32.1 Å². The van der Waals surface area contributed by atoms with Crippen molar-refractivity contribution in [1.29, 1.82) is 0 Å². The van der Waals surface area contributed by atoms with E-state index in [1.807, 2.05) is 0 Å². The van der Waals surface area contributed by atoms with Crippen LogP contribution in [0.2, 0.25) is 0 Å². The Bertz CT molecular complexity index is 280. The molecule has 0 radical (unpaired) electrons. The molecular formula is C16H27NO. The van der Waals surface area contributed by atoms with Crippen LogP contribution in [0.3, 0.4) is 0 Å². The lowest BCUT2D eigenvalue weighted by atomic mass is 9.77. The monoisotopic (exact) mass is 249 g/mol. The molecule has 2 nitrogen and oxygen atoms in total. The number of piperidine rings is 1. The minimum atomic E-state index is -0.380. The van der Waals surface area contributed by atoms with Gasteiger partial charge in [0, 0.05) is 26.1 Å². The summed E-state index contributed by atoms with van der Waals surface area (Å²) < 4.78 is 0. The van der Waals surface area contributed by atoms with Gasteiger partial charge >= 0.3 is 0 Å². The number of hydrogen-bond donors (Lipinski definition) is 1. The van der Waals surface area contributed by atoms with Gasteiger partial charge in [-0.15, -0.1) is 12.3 Å². The van der Waals surface area contributed by atoms with Crippen LogP contribution in [0.1, 0.15) is 57.8 Å². The lowest BCUT2D eigenvalue weighted by Crippen LogP contribution is -2.45. The zero-order valence-electron chi connectivity index (χ0n) is 11.5. The first-order valence-electron chi connectivity index (χ1n) is 7.60. The molecule has 0 spiro atoms. The van der Waals surface area contributed by atoms with E-state index < -0.39 is 0 Å². The van der Waals surface area contributed by atoms with Crippen LogP contribution < -0.4 is 0 Å². The molecule has 102 valence electrons. The summed E-state index contributed by atoms with van der Waals surface area (Å²) in [6.45, 7) is 3.03. The fraction of sp³-hybridized carbons (Fsp3) is 0.875. The summed E-state index contributed by atoms with van der Waals surface area (Å²) in [6, 6.07) is 0. The van der Waals surface area contributed by atoms with Gasteiger partial charge in [-0.05, 0) is 25.2 Å². The molecule has 0 aromatic rings. The predicted octanol–water partition coefficient (Wildman–Crippen LogP) is 2.81. The third kappa shape index (κ3) is 4.00. The number of rotatable bonds is 4. The van der Waals surface area contributed by atoms with Crippen LogP contribution in [-0.4, -0.2) is 35.2 Å². The maximum absolute atomic E-state index is 10.7. The smallest absolute Gasteiger partial charge is 0.0674 e. The van der Waals surface area contributed by atoms with Gasteiger partial charge in [0.25, 0.3) is 0 Å². The van der Waals surface area contributed by atoms with Gasteiger partial charge in [-0.25, -0.2) is 0 Å². The number of likely N-dealkylation sites (tertiary alicyclic amines) is 1. The summed E-state index contributed by atoms with van der Waals surface area (Å²) in [6.07, 6.45) is 15.9. The minimum Gasteiger partial charge on any atom is -0.390 e. The molecular weight excluding hydrogens is 222 g/mol. The molecule has 1 aliphatic carbocycles. The van der Waals surface area contributed by atoms with Crippen molar-refractivity contribution in [1.82, 2.24) is 4.90 Å². The highest BCUT2D eigenvalue weighted by atomic mass is 16.3. The molecule has 1 aliphatic heterocycles. The van der Waals surface area contributed by atoms with Crippen molar-refractivity contribution in [2.45, 2.75) is 63.4 Å². The number of hydrogen-bond acceptors (Lipinski definition) is 2. The van der Waals surface area contributed by atoms with E-state index in [0.29, 0.717) is 0 Å². The largest absolute Gasteiger partial charge is 0.390 e. The van der Waals surface area contributed by atoms with E-state index in [0.717, 1.165) is 51.2 Å². The maximum Gasteiger partial charge on any atom is 0.0674 e. The first-order valence-corrected chi connectivity index (χ1v) is 7.60. The van der Waals surface area contributed by atoms with E-state index in [9.17, 15) is 5.11 Å². The quantitative estimate of drug-likeness (QED) is 0.774. The minimum absolute atomic E-state index is 0.380. The van der Waals surface area contributed by atoms with Gasteiger partial charge in [0.2, 0.25) is 0 Å². The molecule has 0 atom stereocenters. The fourth-order valence-electron chi connectivity index (χ4n) is 3.55. The highest BCUT2D eigenvalue weighted by Crippen LogP contribution is 2.35. The molecule has 0 bridgehead atoms. The first-order chi connectivity index (χ1) is 8.72. The number of aliphatic hydroxyl groups is 1.